The standard InChI is InChI=1S/C11H15NO/c1-3-13-11(12)9(2)10-7-5-4-6-8-10/h4-9,12H,3H2,1-2H3. The van der Waals surface area contributed by atoms with Gasteiger partial charge in [0.15, 0.2) is 5.90 Å². The molecule has 1 aromatic rings. The van der Waals surface area contributed by atoms with Gasteiger partial charge in [-0.25, -0.2) is 0 Å². The fraction of sp³-hybridized carbons (Fsp3) is 0.364. The van der Waals surface area contributed by atoms with Crippen molar-refractivity contribution >= 4 is 5.90 Å². The molecule has 0 aliphatic rings. The van der Waals surface area contributed by atoms with Crippen LogP contribution in [0.25, 0.3) is 0 Å². The molecule has 0 saturated heterocycles. The Balaban J connectivity index is 2.68. The van der Waals surface area contributed by atoms with Gasteiger partial charge in [-0.2, -0.15) is 0 Å². The van der Waals surface area contributed by atoms with Crippen LogP contribution in [0.4, 0.5) is 0 Å². The van der Waals surface area contributed by atoms with Crippen molar-refractivity contribution in [1.82, 2.24) is 0 Å². The van der Waals surface area contributed by atoms with Crippen molar-refractivity contribution < 1.29 is 4.74 Å². The Morgan fingerprint density at radius 1 is 1.38 bits per heavy atom. The van der Waals surface area contributed by atoms with E-state index in [0.29, 0.717) is 12.5 Å². The van der Waals surface area contributed by atoms with Crippen molar-refractivity contribution in [3.05, 3.63) is 35.9 Å². The van der Waals surface area contributed by atoms with Gasteiger partial charge in [-0.3, -0.25) is 5.41 Å². The van der Waals surface area contributed by atoms with Crippen LogP contribution < -0.4 is 0 Å². The minimum atomic E-state index is 0.0566. The van der Waals surface area contributed by atoms with E-state index < -0.39 is 0 Å². The number of hydrogen-bond donors (Lipinski definition) is 1. The molecule has 1 aromatic carbocycles. The quantitative estimate of drug-likeness (QED) is 0.559. The van der Waals surface area contributed by atoms with E-state index >= 15 is 0 Å². The van der Waals surface area contributed by atoms with Gasteiger partial charge in [-0.05, 0) is 19.4 Å². The van der Waals surface area contributed by atoms with Gasteiger partial charge in [0, 0.05) is 0 Å². The maximum atomic E-state index is 7.61. The predicted octanol–water partition coefficient (Wildman–Crippen LogP) is 2.80. The lowest BCUT2D eigenvalue weighted by Gasteiger charge is -2.12. The summed E-state index contributed by atoms with van der Waals surface area (Å²) in [5.41, 5.74) is 1.13. The highest BCUT2D eigenvalue weighted by atomic mass is 16.5. The molecule has 2 heteroatoms. The van der Waals surface area contributed by atoms with Crippen LogP contribution in [0.15, 0.2) is 30.3 Å². The molecule has 0 aromatic heterocycles. The molecule has 0 fully saturated rings. The Bertz CT molecular complexity index is 269. The average molecular weight is 177 g/mol. The van der Waals surface area contributed by atoms with E-state index in [4.69, 9.17) is 10.1 Å². The maximum absolute atomic E-state index is 7.61. The molecule has 0 radical (unpaired) electrons. The maximum Gasteiger partial charge on any atom is 0.187 e. The number of nitrogens with one attached hydrogen (secondary N) is 1. The second-order valence-corrected chi connectivity index (χ2v) is 2.93. The molecule has 1 unspecified atom stereocenters. The topological polar surface area (TPSA) is 33.1 Å². The lowest BCUT2D eigenvalue weighted by atomic mass is 10.0. The summed E-state index contributed by atoms with van der Waals surface area (Å²) in [5.74, 6) is 0.398. The van der Waals surface area contributed by atoms with E-state index in [2.05, 4.69) is 0 Å². The molecule has 70 valence electrons. The van der Waals surface area contributed by atoms with E-state index in [1.807, 2.05) is 44.2 Å². The molecule has 0 saturated carbocycles. The third-order valence-electron chi connectivity index (χ3n) is 1.99. The van der Waals surface area contributed by atoms with E-state index in [-0.39, 0.29) is 5.92 Å². The average Bonchev–Trinajstić information content (AvgIpc) is 2.18. The van der Waals surface area contributed by atoms with Crippen LogP contribution in [0.1, 0.15) is 25.3 Å². The molecule has 1 rings (SSSR count). The van der Waals surface area contributed by atoms with Crippen molar-refractivity contribution in [2.75, 3.05) is 6.61 Å². The molecular formula is C11H15NO. The van der Waals surface area contributed by atoms with Gasteiger partial charge in [0.05, 0.1) is 12.5 Å². The second kappa shape index (κ2) is 4.65. The van der Waals surface area contributed by atoms with Crippen LogP contribution in [-0.2, 0) is 4.74 Å². The molecule has 13 heavy (non-hydrogen) atoms. The van der Waals surface area contributed by atoms with Crippen LogP contribution in [0, 0.1) is 5.41 Å². The monoisotopic (exact) mass is 177 g/mol. The first-order valence-electron chi connectivity index (χ1n) is 4.52. The molecule has 1 atom stereocenters. The Morgan fingerprint density at radius 3 is 2.54 bits per heavy atom. The molecule has 2 nitrogen and oxygen atoms in total. The number of ether oxygens (including phenoxy) is 1. The van der Waals surface area contributed by atoms with E-state index in [9.17, 15) is 0 Å². The first kappa shape index (κ1) is 9.78. The molecule has 0 bridgehead atoms. The molecule has 0 amide bonds. The van der Waals surface area contributed by atoms with Crippen molar-refractivity contribution in [2.24, 2.45) is 0 Å². The van der Waals surface area contributed by atoms with Gasteiger partial charge < -0.3 is 4.74 Å². The molecule has 1 N–H and O–H groups in total. The highest BCUT2D eigenvalue weighted by molar-refractivity contribution is 5.80. The lowest BCUT2D eigenvalue weighted by molar-refractivity contribution is 0.310. The zero-order chi connectivity index (χ0) is 9.68. The van der Waals surface area contributed by atoms with Crippen molar-refractivity contribution in [2.45, 2.75) is 19.8 Å². The van der Waals surface area contributed by atoms with Crippen LogP contribution in [-0.4, -0.2) is 12.5 Å². The van der Waals surface area contributed by atoms with Gasteiger partial charge in [0.1, 0.15) is 0 Å². The van der Waals surface area contributed by atoms with E-state index in [0.717, 1.165) is 5.56 Å². The third kappa shape index (κ3) is 2.58. The van der Waals surface area contributed by atoms with Gasteiger partial charge in [0.2, 0.25) is 0 Å². The summed E-state index contributed by atoms with van der Waals surface area (Å²) in [7, 11) is 0. The van der Waals surface area contributed by atoms with Crippen LogP contribution in [0.5, 0.6) is 0 Å². The second-order valence-electron chi connectivity index (χ2n) is 2.93. The first-order valence-corrected chi connectivity index (χ1v) is 4.52. The summed E-state index contributed by atoms with van der Waals surface area (Å²) < 4.78 is 5.14. The summed E-state index contributed by atoms with van der Waals surface area (Å²) in [6.45, 7) is 4.44. The fourth-order valence-corrected chi connectivity index (χ4v) is 1.17. The van der Waals surface area contributed by atoms with Crippen molar-refractivity contribution in [1.29, 1.82) is 5.41 Å². The predicted molar refractivity (Wildman–Crippen MR) is 54.2 cm³/mol. The SMILES string of the molecule is CCOC(=N)C(C)c1ccccc1. The summed E-state index contributed by atoms with van der Waals surface area (Å²) in [5, 5.41) is 7.61. The largest absolute Gasteiger partial charge is 0.481 e. The van der Waals surface area contributed by atoms with Crippen molar-refractivity contribution in [3.63, 3.8) is 0 Å². The Kier molecular flexibility index (Phi) is 3.50. The molecule has 0 spiro atoms. The summed E-state index contributed by atoms with van der Waals surface area (Å²) in [6, 6.07) is 9.95. The van der Waals surface area contributed by atoms with E-state index in [1.165, 1.54) is 0 Å². The zero-order valence-corrected chi connectivity index (χ0v) is 8.08. The van der Waals surface area contributed by atoms with Crippen LogP contribution in [0.3, 0.4) is 0 Å². The van der Waals surface area contributed by atoms with Gasteiger partial charge in [-0.1, -0.05) is 30.3 Å². The van der Waals surface area contributed by atoms with E-state index in [1.54, 1.807) is 0 Å². The summed E-state index contributed by atoms with van der Waals surface area (Å²) in [4.78, 5) is 0. The van der Waals surface area contributed by atoms with Gasteiger partial charge in [0.25, 0.3) is 0 Å². The first-order chi connectivity index (χ1) is 6.25. The fourth-order valence-electron chi connectivity index (χ4n) is 1.17. The smallest absolute Gasteiger partial charge is 0.187 e. The highest BCUT2D eigenvalue weighted by Crippen LogP contribution is 2.15. The van der Waals surface area contributed by atoms with Crippen LogP contribution >= 0.6 is 0 Å². The Hall–Kier alpha value is -1.31. The minimum absolute atomic E-state index is 0.0566. The van der Waals surface area contributed by atoms with Crippen LogP contribution in [0.2, 0.25) is 0 Å². The summed E-state index contributed by atoms with van der Waals surface area (Å²) in [6.07, 6.45) is 0. The molecule has 0 aliphatic heterocycles. The summed E-state index contributed by atoms with van der Waals surface area (Å²) >= 11 is 0. The van der Waals surface area contributed by atoms with Gasteiger partial charge in [-0.15, -0.1) is 0 Å². The Morgan fingerprint density at radius 2 is 2.00 bits per heavy atom. The van der Waals surface area contributed by atoms with Crippen molar-refractivity contribution in [3.8, 4) is 0 Å². The lowest BCUT2D eigenvalue weighted by Crippen LogP contribution is -2.11. The highest BCUT2D eigenvalue weighted by Gasteiger charge is 2.11. The number of hydrogen-bond acceptors (Lipinski definition) is 2. The third-order valence-corrected chi connectivity index (χ3v) is 1.99. The zero-order valence-electron chi connectivity index (χ0n) is 8.08. The molecular weight excluding hydrogens is 162 g/mol. The van der Waals surface area contributed by atoms with Gasteiger partial charge >= 0.3 is 0 Å². The Labute approximate surface area is 79.1 Å². The molecule has 0 aliphatic carbocycles. The minimum Gasteiger partial charge on any atom is -0.481 e. The number of benzene rings is 1. The molecule has 0 heterocycles. The number of rotatable bonds is 3. The normalized spacial score (nSPS) is 12.2.